The fourth-order valence-electron chi connectivity index (χ4n) is 2.52. The van der Waals surface area contributed by atoms with Crippen LogP contribution in [0.3, 0.4) is 0 Å². The second-order valence-electron chi connectivity index (χ2n) is 5.45. The van der Waals surface area contributed by atoms with Crippen molar-refractivity contribution in [2.75, 3.05) is 0 Å². The molecular weight excluding hydrogens is 236 g/mol. The monoisotopic (exact) mass is 256 g/mol. The molecule has 1 aliphatic carbocycles. The summed E-state index contributed by atoms with van der Waals surface area (Å²) < 4.78 is 0. The Morgan fingerprint density at radius 2 is 1.68 bits per heavy atom. The van der Waals surface area contributed by atoms with Crippen molar-refractivity contribution >= 4 is 17.6 Å². The van der Waals surface area contributed by atoms with Gasteiger partial charge in [0.25, 0.3) is 0 Å². The van der Waals surface area contributed by atoms with E-state index < -0.39 is 0 Å². The van der Waals surface area contributed by atoms with Gasteiger partial charge >= 0.3 is 0 Å². The van der Waals surface area contributed by atoms with E-state index in [1.165, 1.54) is 5.56 Å². The third-order valence-electron chi connectivity index (χ3n) is 4.15. The molecule has 2 unspecified atom stereocenters. The number of carbonyl (C=O) groups is 2. The quantitative estimate of drug-likeness (QED) is 0.824. The van der Waals surface area contributed by atoms with E-state index in [1.54, 1.807) is 13.8 Å². The average Bonchev–Trinajstić information content (AvgIpc) is 2.83. The molecule has 2 atom stereocenters. The van der Waals surface area contributed by atoms with Gasteiger partial charge in [0.05, 0.1) is 0 Å². The lowest BCUT2D eigenvalue weighted by molar-refractivity contribution is -0.118. The number of rotatable bonds is 4. The third-order valence-corrected chi connectivity index (χ3v) is 4.15. The summed E-state index contributed by atoms with van der Waals surface area (Å²) in [6, 6.07) is 4.13. The zero-order valence-corrected chi connectivity index (χ0v) is 12.0. The summed E-state index contributed by atoms with van der Waals surface area (Å²) in [4.78, 5) is 23.2. The Morgan fingerprint density at radius 3 is 2.26 bits per heavy atom. The Bertz CT molecular complexity index is 567. The first-order valence-corrected chi connectivity index (χ1v) is 6.76. The van der Waals surface area contributed by atoms with Crippen LogP contribution >= 0.6 is 0 Å². The summed E-state index contributed by atoms with van der Waals surface area (Å²) >= 11 is 0. The highest BCUT2D eigenvalue weighted by molar-refractivity contribution is 5.86. The highest BCUT2D eigenvalue weighted by Gasteiger charge is 2.22. The van der Waals surface area contributed by atoms with Crippen molar-refractivity contribution in [2.45, 2.75) is 46.0 Å². The van der Waals surface area contributed by atoms with Gasteiger partial charge in [-0.3, -0.25) is 9.59 Å². The van der Waals surface area contributed by atoms with Crippen molar-refractivity contribution in [3.05, 3.63) is 40.5 Å². The van der Waals surface area contributed by atoms with Crippen LogP contribution in [0.15, 0.2) is 18.2 Å². The van der Waals surface area contributed by atoms with Crippen LogP contribution in [0.4, 0.5) is 0 Å². The van der Waals surface area contributed by atoms with Gasteiger partial charge in [-0.1, -0.05) is 38.1 Å². The Kier molecular flexibility index (Phi) is 3.70. The van der Waals surface area contributed by atoms with Crippen LogP contribution in [0.2, 0.25) is 0 Å². The van der Waals surface area contributed by atoms with Crippen LogP contribution in [-0.4, -0.2) is 11.6 Å². The van der Waals surface area contributed by atoms with Gasteiger partial charge in [0.1, 0.15) is 11.6 Å². The van der Waals surface area contributed by atoms with Crippen LogP contribution < -0.4 is 0 Å². The Morgan fingerprint density at radius 1 is 1.05 bits per heavy atom. The van der Waals surface area contributed by atoms with Crippen LogP contribution in [0.1, 0.15) is 61.8 Å². The highest BCUT2D eigenvalue weighted by Crippen LogP contribution is 2.33. The lowest BCUT2D eigenvalue weighted by Crippen LogP contribution is -2.11. The first kappa shape index (κ1) is 13.7. The minimum Gasteiger partial charge on any atom is -0.299 e. The van der Waals surface area contributed by atoms with Gasteiger partial charge in [-0.15, -0.1) is 0 Å². The van der Waals surface area contributed by atoms with E-state index in [4.69, 9.17) is 0 Å². The van der Waals surface area contributed by atoms with Gasteiger partial charge in [-0.05, 0) is 42.5 Å². The number of hydrogen-bond donors (Lipinski definition) is 0. The van der Waals surface area contributed by atoms with Crippen LogP contribution in [0, 0.1) is 0 Å². The number of ketones is 2. The minimum atomic E-state index is -0.114. The molecule has 1 aromatic rings. The van der Waals surface area contributed by atoms with Crippen molar-refractivity contribution in [1.29, 1.82) is 0 Å². The van der Waals surface area contributed by atoms with Gasteiger partial charge in [0, 0.05) is 11.8 Å². The molecular formula is C17H20O2. The molecule has 0 radical (unpaired) electrons. The number of benzene rings is 1. The molecule has 0 spiro atoms. The maximum atomic E-state index is 11.7. The van der Waals surface area contributed by atoms with Crippen LogP contribution in [-0.2, 0) is 16.0 Å². The van der Waals surface area contributed by atoms with Crippen LogP contribution in [0.25, 0.3) is 6.08 Å². The fourth-order valence-corrected chi connectivity index (χ4v) is 2.52. The molecule has 0 fully saturated rings. The molecule has 2 heteroatoms. The molecule has 1 aromatic carbocycles. The molecule has 0 amide bonds. The minimum absolute atomic E-state index is 0.104. The van der Waals surface area contributed by atoms with Gasteiger partial charge in [-0.25, -0.2) is 0 Å². The Balaban J connectivity index is 2.55. The topological polar surface area (TPSA) is 34.1 Å². The predicted molar refractivity (Wildman–Crippen MR) is 77.4 cm³/mol. The van der Waals surface area contributed by atoms with Gasteiger partial charge < -0.3 is 0 Å². The van der Waals surface area contributed by atoms with Crippen molar-refractivity contribution in [3.63, 3.8) is 0 Å². The van der Waals surface area contributed by atoms with Crippen molar-refractivity contribution in [3.8, 4) is 0 Å². The standard InChI is InChI=1S/C17H20O2/c1-10(12(3)18)15-8-14-6-5-7-16(14)17(9-15)11(2)13(4)19/h5-6,8-11H,7H2,1-4H3. The van der Waals surface area contributed by atoms with Gasteiger partial charge in [-0.2, -0.15) is 0 Å². The number of Topliss-reactive ketones (excluding diaryl/α,β-unsaturated/α-hetero) is 2. The van der Waals surface area contributed by atoms with Crippen LogP contribution in [0.5, 0.6) is 0 Å². The number of allylic oxidation sites excluding steroid dienone is 1. The van der Waals surface area contributed by atoms with E-state index >= 15 is 0 Å². The Labute approximate surface area is 114 Å². The lowest BCUT2D eigenvalue weighted by atomic mass is 9.85. The normalized spacial score (nSPS) is 16.0. The maximum absolute atomic E-state index is 11.7. The summed E-state index contributed by atoms with van der Waals surface area (Å²) in [6.07, 6.45) is 5.09. The zero-order chi connectivity index (χ0) is 14.2. The Hall–Kier alpha value is -1.70. The molecule has 0 aromatic heterocycles. The molecule has 2 nitrogen and oxygen atoms in total. The molecule has 0 saturated heterocycles. The second-order valence-corrected chi connectivity index (χ2v) is 5.45. The largest absolute Gasteiger partial charge is 0.299 e. The SMILES string of the molecule is CC(=O)C(C)c1cc2c(c(C(C)C(C)=O)c1)CC=C2. The van der Waals surface area contributed by atoms with E-state index in [9.17, 15) is 9.59 Å². The summed E-state index contributed by atoms with van der Waals surface area (Å²) in [5.41, 5.74) is 4.50. The molecule has 1 aliphatic rings. The van der Waals surface area contributed by atoms with E-state index in [2.05, 4.69) is 18.2 Å². The molecule has 0 aliphatic heterocycles. The summed E-state index contributed by atoms with van der Waals surface area (Å²) in [5.74, 6) is 0.107. The van der Waals surface area contributed by atoms with Gasteiger partial charge in [0.2, 0.25) is 0 Å². The summed E-state index contributed by atoms with van der Waals surface area (Å²) in [6.45, 7) is 7.10. The smallest absolute Gasteiger partial charge is 0.136 e. The first-order valence-electron chi connectivity index (χ1n) is 6.76. The molecule has 0 N–H and O–H groups in total. The van der Waals surface area contributed by atoms with Crippen molar-refractivity contribution in [1.82, 2.24) is 0 Å². The molecule has 0 bridgehead atoms. The lowest BCUT2D eigenvalue weighted by Gasteiger charge is -2.18. The molecule has 100 valence electrons. The van der Waals surface area contributed by atoms with E-state index in [-0.39, 0.29) is 23.4 Å². The highest BCUT2D eigenvalue weighted by atomic mass is 16.1. The summed E-state index contributed by atoms with van der Waals surface area (Å²) in [5, 5.41) is 0. The molecule has 2 rings (SSSR count). The zero-order valence-electron chi connectivity index (χ0n) is 12.0. The predicted octanol–water partition coefficient (Wildman–Crippen LogP) is 3.64. The number of carbonyl (C=O) groups excluding carboxylic acids is 2. The van der Waals surface area contributed by atoms with Crippen molar-refractivity contribution < 1.29 is 9.59 Å². The average molecular weight is 256 g/mol. The number of hydrogen-bond acceptors (Lipinski definition) is 2. The van der Waals surface area contributed by atoms with E-state index in [0.29, 0.717) is 0 Å². The van der Waals surface area contributed by atoms with E-state index in [0.717, 1.165) is 23.1 Å². The molecule has 0 heterocycles. The number of fused-ring (bicyclic) bond motifs is 1. The molecule has 19 heavy (non-hydrogen) atoms. The van der Waals surface area contributed by atoms with Crippen molar-refractivity contribution in [2.24, 2.45) is 0 Å². The second kappa shape index (κ2) is 5.12. The van der Waals surface area contributed by atoms with E-state index in [1.807, 2.05) is 19.9 Å². The maximum Gasteiger partial charge on any atom is 0.136 e. The first-order chi connectivity index (χ1) is 8.91. The van der Waals surface area contributed by atoms with Gasteiger partial charge in [0.15, 0.2) is 0 Å². The third kappa shape index (κ3) is 2.53. The fraction of sp³-hybridized carbons (Fsp3) is 0.412. The summed E-state index contributed by atoms with van der Waals surface area (Å²) in [7, 11) is 0. The molecule has 0 saturated carbocycles.